The first-order valence-electron chi connectivity index (χ1n) is 5.57. The van der Waals surface area contributed by atoms with Crippen LogP contribution in [0, 0.1) is 0 Å². The summed E-state index contributed by atoms with van der Waals surface area (Å²) in [6.45, 7) is 0.190. The van der Waals surface area contributed by atoms with Gasteiger partial charge in [-0.3, -0.25) is 4.79 Å². The fourth-order valence-corrected chi connectivity index (χ4v) is 1.49. The monoisotopic (exact) mass is 248 g/mol. The molecule has 0 radical (unpaired) electrons. The van der Waals surface area contributed by atoms with E-state index >= 15 is 0 Å². The summed E-state index contributed by atoms with van der Waals surface area (Å²) >= 11 is 0. The van der Waals surface area contributed by atoms with Crippen molar-refractivity contribution in [1.29, 1.82) is 0 Å². The number of amides is 1. The molecule has 2 rings (SSSR count). The molecule has 2 aromatic rings. The zero-order chi connectivity index (χ0) is 13.1. The third kappa shape index (κ3) is 2.34. The van der Waals surface area contributed by atoms with E-state index < -0.39 is 0 Å². The van der Waals surface area contributed by atoms with Crippen LogP contribution in [0.25, 0.3) is 5.65 Å². The molecule has 0 atom stereocenters. The number of aromatic nitrogens is 3. The molecule has 0 saturated carbocycles. The van der Waals surface area contributed by atoms with E-state index in [4.69, 9.17) is 0 Å². The normalized spacial score (nSPS) is 10.4. The summed E-state index contributed by atoms with van der Waals surface area (Å²) in [5.74, 6) is 1.28. The van der Waals surface area contributed by atoms with E-state index in [1.54, 1.807) is 27.3 Å². The molecular weight excluding hydrogens is 232 g/mol. The molecule has 2 aromatic heterocycles. The van der Waals surface area contributed by atoms with E-state index in [2.05, 4.69) is 20.6 Å². The van der Waals surface area contributed by atoms with Crippen LogP contribution in [-0.4, -0.2) is 52.9 Å². The SMILES string of the molecule is CNc1cn2ccnc2c(NCC(=O)N(C)C)n1. The maximum Gasteiger partial charge on any atom is 0.241 e. The lowest BCUT2D eigenvalue weighted by Crippen LogP contribution is -2.29. The minimum absolute atomic E-state index is 0.0173. The number of nitrogens with zero attached hydrogens (tertiary/aromatic N) is 4. The van der Waals surface area contributed by atoms with E-state index in [-0.39, 0.29) is 12.5 Å². The first-order valence-corrected chi connectivity index (χ1v) is 5.57. The third-order valence-electron chi connectivity index (χ3n) is 2.54. The number of nitrogens with one attached hydrogen (secondary N) is 2. The highest BCUT2D eigenvalue weighted by Gasteiger charge is 2.09. The third-order valence-corrected chi connectivity index (χ3v) is 2.54. The van der Waals surface area contributed by atoms with E-state index in [1.807, 2.05) is 16.8 Å². The van der Waals surface area contributed by atoms with Crippen LogP contribution in [0.15, 0.2) is 18.6 Å². The number of rotatable bonds is 4. The summed E-state index contributed by atoms with van der Waals surface area (Å²) in [4.78, 5) is 21.6. The van der Waals surface area contributed by atoms with Crippen molar-refractivity contribution in [3.8, 4) is 0 Å². The second-order valence-corrected chi connectivity index (χ2v) is 4.02. The Balaban J connectivity index is 2.26. The molecule has 0 spiro atoms. The lowest BCUT2D eigenvalue weighted by atomic mass is 10.5. The second-order valence-electron chi connectivity index (χ2n) is 4.02. The Morgan fingerprint density at radius 1 is 1.50 bits per heavy atom. The van der Waals surface area contributed by atoms with Crippen molar-refractivity contribution in [3.63, 3.8) is 0 Å². The Hall–Kier alpha value is -2.31. The maximum absolute atomic E-state index is 11.5. The minimum Gasteiger partial charge on any atom is -0.372 e. The summed E-state index contributed by atoms with van der Waals surface area (Å²) in [5, 5.41) is 5.97. The van der Waals surface area contributed by atoms with Crippen LogP contribution >= 0.6 is 0 Å². The summed E-state index contributed by atoms with van der Waals surface area (Å²) < 4.78 is 1.85. The van der Waals surface area contributed by atoms with Gasteiger partial charge in [-0.25, -0.2) is 9.97 Å². The Labute approximate surface area is 105 Å². The van der Waals surface area contributed by atoms with Crippen molar-refractivity contribution >= 4 is 23.2 Å². The fraction of sp³-hybridized carbons (Fsp3) is 0.364. The number of fused-ring (bicyclic) bond motifs is 1. The number of carbonyl (C=O) groups is 1. The van der Waals surface area contributed by atoms with Gasteiger partial charge in [-0.05, 0) is 0 Å². The van der Waals surface area contributed by atoms with Crippen LogP contribution in [-0.2, 0) is 4.79 Å². The molecule has 0 aliphatic carbocycles. The van der Waals surface area contributed by atoms with Gasteiger partial charge in [-0.1, -0.05) is 0 Å². The largest absolute Gasteiger partial charge is 0.372 e. The average Bonchev–Trinajstić information content (AvgIpc) is 2.83. The Kier molecular flexibility index (Phi) is 3.31. The van der Waals surface area contributed by atoms with Crippen LogP contribution in [0.3, 0.4) is 0 Å². The van der Waals surface area contributed by atoms with Crippen LogP contribution in [0.1, 0.15) is 0 Å². The second kappa shape index (κ2) is 4.91. The summed E-state index contributed by atoms with van der Waals surface area (Å²) in [6.07, 6.45) is 5.35. The van der Waals surface area contributed by atoms with Crippen LogP contribution in [0.4, 0.5) is 11.6 Å². The fourth-order valence-electron chi connectivity index (χ4n) is 1.49. The molecule has 18 heavy (non-hydrogen) atoms. The van der Waals surface area contributed by atoms with Crippen molar-refractivity contribution in [2.75, 3.05) is 38.3 Å². The maximum atomic E-state index is 11.5. The molecule has 2 N–H and O–H groups in total. The zero-order valence-corrected chi connectivity index (χ0v) is 10.6. The van der Waals surface area contributed by atoms with E-state index in [0.717, 1.165) is 0 Å². The summed E-state index contributed by atoms with van der Waals surface area (Å²) in [6, 6.07) is 0. The van der Waals surface area contributed by atoms with Gasteiger partial charge in [0.05, 0.1) is 12.7 Å². The highest BCUT2D eigenvalue weighted by Crippen LogP contribution is 2.15. The van der Waals surface area contributed by atoms with Gasteiger partial charge in [0, 0.05) is 33.5 Å². The van der Waals surface area contributed by atoms with Crippen molar-refractivity contribution in [3.05, 3.63) is 18.6 Å². The van der Waals surface area contributed by atoms with Gasteiger partial charge in [0.2, 0.25) is 5.91 Å². The predicted molar refractivity (Wildman–Crippen MR) is 69.7 cm³/mol. The smallest absolute Gasteiger partial charge is 0.241 e. The van der Waals surface area contributed by atoms with Crippen LogP contribution in [0.5, 0.6) is 0 Å². The number of carbonyl (C=O) groups excluding carboxylic acids is 1. The van der Waals surface area contributed by atoms with Gasteiger partial charge in [-0.15, -0.1) is 0 Å². The summed E-state index contributed by atoms with van der Waals surface area (Å²) in [5.41, 5.74) is 0.695. The van der Waals surface area contributed by atoms with Gasteiger partial charge >= 0.3 is 0 Å². The molecule has 0 bridgehead atoms. The molecule has 0 fully saturated rings. The molecule has 0 aliphatic rings. The van der Waals surface area contributed by atoms with Crippen molar-refractivity contribution in [2.45, 2.75) is 0 Å². The highest BCUT2D eigenvalue weighted by atomic mass is 16.2. The van der Waals surface area contributed by atoms with E-state index in [0.29, 0.717) is 17.3 Å². The first kappa shape index (κ1) is 12.2. The molecule has 7 heteroatoms. The molecule has 96 valence electrons. The van der Waals surface area contributed by atoms with Crippen LogP contribution < -0.4 is 10.6 Å². The lowest BCUT2D eigenvalue weighted by molar-refractivity contribution is -0.126. The first-order chi connectivity index (χ1) is 8.61. The van der Waals surface area contributed by atoms with Gasteiger partial charge in [-0.2, -0.15) is 0 Å². The Morgan fingerprint density at radius 3 is 2.94 bits per heavy atom. The topological polar surface area (TPSA) is 74.6 Å². The number of imidazole rings is 1. The molecule has 0 aromatic carbocycles. The molecule has 7 nitrogen and oxygen atoms in total. The Morgan fingerprint density at radius 2 is 2.28 bits per heavy atom. The predicted octanol–water partition coefficient (Wildman–Crippen LogP) is 0.271. The number of likely N-dealkylation sites (N-methyl/N-ethyl adjacent to an activating group) is 1. The molecule has 0 saturated heterocycles. The van der Waals surface area contributed by atoms with Gasteiger partial charge in [0.1, 0.15) is 5.82 Å². The molecular formula is C11H16N6O. The quantitative estimate of drug-likeness (QED) is 0.812. The number of hydrogen-bond acceptors (Lipinski definition) is 5. The lowest BCUT2D eigenvalue weighted by Gasteiger charge is -2.12. The molecule has 0 unspecified atom stereocenters. The van der Waals surface area contributed by atoms with Crippen molar-refractivity contribution in [1.82, 2.24) is 19.3 Å². The van der Waals surface area contributed by atoms with Gasteiger partial charge < -0.3 is 19.9 Å². The highest BCUT2D eigenvalue weighted by molar-refractivity contribution is 5.81. The zero-order valence-electron chi connectivity index (χ0n) is 10.6. The number of anilines is 2. The van der Waals surface area contributed by atoms with Gasteiger partial charge in [0.15, 0.2) is 11.5 Å². The van der Waals surface area contributed by atoms with Crippen LogP contribution in [0.2, 0.25) is 0 Å². The standard InChI is InChI=1S/C11H16N6O/c1-12-8-7-17-5-4-13-11(17)10(15-8)14-6-9(18)16(2)3/h4-5,7,12H,6H2,1-3H3,(H,14,15). The Bertz CT molecular complexity index is 562. The molecule has 0 aliphatic heterocycles. The average molecular weight is 248 g/mol. The van der Waals surface area contributed by atoms with E-state index in [1.165, 1.54) is 4.90 Å². The molecule has 1 amide bonds. The van der Waals surface area contributed by atoms with Gasteiger partial charge in [0.25, 0.3) is 0 Å². The van der Waals surface area contributed by atoms with Crippen molar-refractivity contribution < 1.29 is 4.79 Å². The minimum atomic E-state index is -0.0173. The van der Waals surface area contributed by atoms with E-state index in [9.17, 15) is 4.79 Å². The van der Waals surface area contributed by atoms with Crippen molar-refractivity contribution in [2.24, 2.45) is 0 Å². The molecule has 2 heterocycles. The summed E-state index contributed by atoms with van der Waals surface area (Å²) in [7, 11) is 5.22. The number of hydrogen-bond donors (Lipinski definition) is 2.